The second kappa shape index (κ2) is 9.82. The molecule has 4 aliphatic rings. The van der Waals surface area contributed by atoms with Crippen molar-refractivity contribution < 1.29 is 19.7 Å². The van der Waals surface area contributed by atoms with Gasteiger partial charge in [-0.1, -0.05) is 36.8 Å². The van der Waals surface area contributed by atoms with Gasteiger partial charge in [-0.05, 0) is 19.3 Å². The van der Waals surface area contributed by atoms with Crippen LogP contribution in [0.3, 0.4) is 0 Å². The molecule has 1 aromatic rings. The maximum absolute atomic E-state index is 10.7. The number of nitrogens with one attached hydrogen (secondary N) is 3. The zero-order chi connectivity index (χ0) is 22.1. The van der Waals surface area contributed by atoms with E-state index in [0.717, 1.165) is 35.9 Å². The van der Waals surface area contributed by atoms with E-state index in [9.17, 15) is 10.2 Å². The first-order chi connectivity index (χ1) is 15.6. The number of nitrogens with zero attached hydrogens (tertiary/aromatic N) is 3. The lowest BCUT2D eigenvalue weighted by molar-refractivity contribution is 0.0171. The quantitative estimate of drug-likeness (QED) is 0.370. The summed E-state index contributed by atoms with van der Waals surface area (Å²) in [4.78, 5) is 10.6. The molecule has 3 aliphatic heterocycles. The van der Waals surface area contributed by atoms with Gasteiger partial charge in [-0.3, -0.25) is 0 Å². The number of hydrogen-bond donors (Lipinski definition) is 5. The number of ether oxygens (including phenoxy) is 2. The maximum Gasteiger partial charge on any atom is 0.162 e. The smallest absolute Gasteiger partial charge is 0.162 e. The predicted octanol–water partition coefficient (Wildman–Crippen LogP) is 0.864. The van der Waals surface area contributed by atoms with E-state index in [4.69, 9.17) is 21.7 Å². The lowest BCUT2D eigenvalue weighted by Gasteiger charge is -2.26. The highest BCUT2D eigenvalue weighted by atomic mass is 32.2. The SMILES string of the molecule is O[C@@H]1[C@@H](CSC(=S)NC2CCCC2)OC(N2CNc3c(N[C@@H]4CCOC4)ncnc32)[C@@H]1O. The number of rotatable bonds is 6. The van der Waals surface area contributed by atoms with Crippen molar-refractivity contribution in [1.82, 2.24) is 15.3 Å². The zero-order valence-electron chi connectivity index (χ0n) is 17.8. The van der Waals surface area contributed by atoms with E-state index < -0.39 is 24.5 Å². The molecule has 2 saturated heterocycles. The van der Waals surface area contributed by atoms with Crippen molar-refractivity contribution in [2.24, 2.45) is 0 Å². The fraction of sp³-hybridized carbons (Fsp3) is 0.750. The third-order valence-corrected chi connectivity index (χ3v) is 7.84. The number of aromatic nitrogens is 2. The Morgan fingerprint density at radius 2 is 2.06 bits per heavy atom. The Labute approximate surface area is 196 Å². The van der Waals surface area contributed by atoms with Gasteiger partial charge in [0.25, 0.3) is 0 Å². The largest absolute Gasteiger partial charge is 0.387 e. The maximum atomic E-state index is 10.7. The zero-order valence-corrected chi connectivity index (χ0v) is 19.4. The highest BCUT2D eigenvalue weighted by Crippen LogP contribution is 2.39. The number of aliphatic hydroxyl groups is 2. The Hall–Kier alpha value is -1.44. The fourth-order valence-corrected chi connectivity index (χ4v) is 5.93. The summed E-state index contributed by atoms with van der Waals surface area (Å²) in [6.45, 7) is 1.79. The van der Waals surface area contributed by atoms with Crippen LogP contribution in [0.5, 0.6) is 0 Å². The molecular formula is C20H30N6O4S2. The Morgan fingerprint density at radius 3 is 2.84 bits per heavy atom. The standard InChI is InChI=1S/C20H30N6O4S2/c27-15-13(8-32-20(31)25-11-3-1-2-4-11)30-19(16(15)28)26-10-23-14-17(21-9-22-18(14)26)24-12-5-6-29-7-12/h9,11-13,15-16,19,23,27-28H,1-8,10H2,(H,25,31)(H,21,22,24)/t12-,13-,15-,16-,19?/m1/s1. The lowest BCUT2D eigenvalue weighted by atomic mass is 10.1. The van der Waals surface area contributed by atoms with Gasteiger partial charge < -0.3 is 40.5 Å². The van der Waals surface area contributed by atoms with Crippen molar-refractivity contribution in [3.8, 4) is 0 Å². The minimum atomic E-state index is -1.06. The molecule has 32 heavy (non-hydrogen) atoms. The van der Waals surface area contributed by atoms with E-state index in [2.05, 4.69) is 25.9 Å². The molecule has 1 saturated carbocycles. The number of fused-ring (bicyclic) bond motifs is 1. The molecule has 176 valence electrons. The Kier molecular flexibility index (Phi) is 6.86. The fourth-order valence-electron chi connectivity index (χ4n) is 4.72. The first-order valence-electron chi connectivity index (χ1n) is 11.2. The molecule has 1 aromatic heterocycles. The monoisotopic (exact) mass is 482 g/mol. The highest BCUT2D eigenvalue weighted by Gasteiger charge is 2.47. The summed E-state index contributed by atoms with van der Waals surface area (Å²) in [7, 11) is 0. The molecule has 0 spiro atoms. The molecular weight excluding hydrogens is 452 g/mol. The van der Waals surface area contributed by atoms with Gasteiger partial charge in [0, 0.05) is 18.4 Å². The molecule has 0 bridgehead atoms. The number of thiocarbonyl (C=S) groups is 1. The summed E-state index contributed by atoms with van der Waals surface area (Å²) in [6, 6.07) is 0.663. The third-order valence-electron chi connectivity index (χ3n) is 6.50. The van der Waals surface area contributed by atoms with Crippen molar-refractivity contribution in [3.05, 3.63) is 6.33 Å². The highest BCUT2D eigenvalue weighted by molar-refractivity contribution is 8.23. The number of hydrogen-bond acceptors (Lipinski definition) is 11. The van der Waals surface area contributed by atoms with Gasteiger partial charge in [0.2, 0.25) is 0 Å². The normalized spacial score (nSPS) is 32.2. The van der Waals surface area contributed by atoms with Crippen LogP contribution >= 0.6 is 24.0 Å². The van der Waals surface area contributed by atoms with Gasteiger partial charge in [-0.15, -0.1) is 0 Å². The van der Waals surface area contributed by atoms with Crippen molar-refractivity contribution >= 4 is 45.6 Å². The van der Waals surface area contributed by atoms with E-state index in [1.165, 1.54) is 30.9 Å². The minimum absolute atomic E-state index is 0.211. The summed E-state index contributed by atoms with van der Waals surface area (Å²) in [6.07, 6.45) is 3.91. The van der Waals surface area contributed by atoms with E-state index in [-0.39, 0.29) is 6.04 Å². The summed E-state index contributed by atoms with van der Waals surface area (Å²) in [5, 5.41) is 31.4. The summed E-state index contributed by atoms with van der Waals surface area (Å²) in [5.74, 6) is 1.82. The molecule has 10 nitrogen and oxygen atoms in total. The minimum Gasteiger partial charge on any atom is -0.387 e. The van der Waals surface area contributed by atoms with E-state index in [0.29, 0.717) is 36.7 Å². The molecule has 1 aliphatic carbocycles. The molecule has 1 unspecified atom stereocenters. The number of thioether (sulfide) groups is 1. The van der Waals surface area contributed by atoms with Gasteiger partial charge in [0.1, 0.15) is 28.5 Å². The van der Waals surface area contributed by atoms with Crippen LogP contribution in [0.2, 0.25) is 0 Å². The Morgan fingerprint density at radius 1 is 1.22 bits per heavy atom. The molecule has 0 radical (unpaired) electrons. The molecule has 5 atom stereocenters. The van der Waals surface area contributed by atoms with E-state index in [1.807, 2.05) is 4.90 Å². The lowest BCUT2D eigenvalue weighted by Crippen LogP contribution is -2.44. The summed E-state index contributed by atoms with van der Waals surface area (Å²) < 4.78 is 12.3. The van der Waals surface area contributed by atoms with Crippen LogP contribution in [0.1, 0.15) is 32.1 Å². The van der Waals surface area contributed by atoms with Gasteiger partial charge in [0.05, 0.1) is 25.4 Å². The average molecular weight is 483 g/mol. The van der Waals surface area contributed by atoms with Crippen LogP contribution in [-0.4, -0.2) is 86.8 Å². The van der Waals surface area contributed by atoms with Gasteiger partial charge in [-0.2, -0.15) is 0 Å². The van der Waals surface area contributed by atoms with Gasteiger partial charge in [0.15, 0.2) is 17.9 Å². The van der Waals surface area contributed by atoms with Gasteiger partial charge >= 0.3 is 0 Å². The molecule has 12 heteroatoms. The Balaban J connectivity index is 1.21. The molecule has 3 fully saturated rings. The first kappa shape index (κ1) is 22.4. The molecule has 0 aromatic carbocycles. The van der Waals surface area contributed by atoms with Crippen LogP contribution in [0, 0.1) is 0 Å². The van der Waals surface area contributed by atoms with Crippen molar-refractivity contribution in [2.45, 2.75) is 68.7 Å². The van der Waals surface area contributed by atoms with Crippen LogP contribution in [0.15, 0.2) is 6.33 Å². The van der Waals surface area contributed by atoms with Crippen LogP contribution < -0.4 is 20.9 Å². The van der Waals surface area contributed by atoms with Gasteiger partial charge in [-0.25, -0.2) is 9.97 Å². The molecule has 4 heterocycles. The van der Waals surface area contributed by atoms with Crippen molar-refractivity contribution in [1.29, 1.82) is 0 Å². The van der Waals surface area contributed by atoms with E-state index in [1.54, 1.807) is 0 Å². The van der Waals surface area contributed by atoms with Crippen LogP contribution in [0.25, 0.3) is 0 Å². The van der Waals surface area contributed by atoms with E-state index >= 15 is 0 Å². The topological polar surface area (TPSA) is 124 Å². The second-order valence-electron chi connectivity index (χ2n) is 8.70. The van der Waals surface area contributed by atoms with Crippen molar-refractivity contribution in [2.75, 3.05) is 41.2 Å². The number of anilines is 3. The molecule has 5 rings (SSSR count). The third kappa shape index (κ3) is 4.62. The van der Waals surface area contributed by atoms with Crippen LogP contribution in [-0.2, 0) is 9.47 Å². The molecule has 5 N–H and O–H groups in total. The first-order valence-corrected chi connectivity index (χ1v) is 12.6. The van der Waals surface area contributed by atoms with Crippen LogP contribution in [0.4, 0.5) is 17.3 Å². The van der Waals surface area contributed by atoms with Crippen molar-refractivity contribution in [3.63, 3.8) is 0 Å². The Bertz CT molecular complexity index is 823. The second-order valence-corrected chi connectivity index (χ2v) is 10.4. The summed E-state index contributed by atoms with van der Waals surface area (Å²) in [5.41, 5.74) is 0.768. The average Bonchev–Trinajstić information content (AvgIpc) is 3.58. The number of aliphatic hydroxyl groups excluding tert-OH is 2. The summed E-state index contributed by atoms with van der Waals surface area (Å²) >= 11 is 6.91. The molecule has 0 amide bonds. The predicted molar refractivity (Wildman–Crippen MR) is 127 cm³/mol.